The smallest absolute Gasteiger partial charge is 0.326 e. The Morgan fingerprint density at radius 3 is 2.37 bits per heavy atom. The minimum Gasteiger partial charge on any atom is -0.740 e. The van der Waals surface area contributed by atoms with Gasteiger partial charge in [-0.2, -0.15) is 13.5 Å². The third-order valence-electron chi connectivity index (χ3n) is 7.24. The lowest BCUT2D eigenvalue weighted by Gasteiger charge is -2.40. The van der Waals surface area contributed by atoms with Crippen LogP contribution >= 0.6 is 0 Å². The number of likely N-dealkylation sites (tertiary alicyclic amines) is 1. The Labute approximate surface area is 204 Å². The van der Waals surface area contributed by atoms with Crippen molar-refractivity contribution >= 4 is 33.5 Å². The molecule has 1 aromatic carbocycles. The van der Waals surface area contributed by atoms with Gasteiger partial charge in [0.05, 0.1) is 17.9 Å². The molecular weight excluding hydrogens is 472 g/mol. The molecule has 0 saturated carbocycles. The third kappa shape index (κ3) is 4.14. The Balaban J connectivity index is 1.46. The van der Waals surface area contributed by atoms with Gasteiger partial charge in [0.25, 0.3) is 0 Å². The number of nitrogens with one attached hydrogen (secondary N) is 1. The number of piperidine rings is 1. The highest BCUT2D eigenvalue weighted by Crippen LogP contribution is 2.39. The molecule has 1 unspecified atom stereocenters. The molecule has 3 aliphatic rings. The van der Waals surface area contributed by atoms with Gasteiger partial charge < -0.3 is 15.4 Å². The zero-order chi connectivity index (χ0) is 24.9. The summed E-state index contributed by atoms with van der Waals surface area (Å²) in [5, 5.41) is 19.8. The quantitative estimate of drug-likeness (QED) is 0.625. The van der Waals surface area contributed by atoms with Crippen LogP contribution in [0.3, 0.4) is 0 Å². The molecule has 1 aromatic heterocycles. The van der Waals surface area contributed by atoms with Crippen molar-refractivity contribution in [3.05, 3.63) is 45.9 Å². The summed E-state index contributed by atoms with van der Waals surface area (Å²) in [6.45, 7) is 0.336. The van der Waals surface area contributed by atoms with Crippen LogP contribution in [0.25, 0.3) is 0 Å². The molecule has 1 aliphatic heterocycles. The van der Waals surface area contributed by atoms with E-state index in [0.29, 0.717) is 18.7 Å². The zero-order valence-electron chi connectivity index (χ0n) is 19.9. The first-order valence-electron chi connectivity index (χ1n) is 11.9. The molecule has 188 valence electrons. The molecular formula is C23H29N6O5S-. The van der Waals surface area contributed by atoms with Crippen LogP contribution in [0.1, 0.15) is 47.9 Å². The number of aryl methyl sites for hydroxylation is 3. The lowest BCUT2D eigenvalue weighted by Crippen LogP contribution is -2.53. The molecule has 11 nitrogen and oxygen atoms in total. The fraction of sp³-hybridized carbons (Fsp3) is 0.522. The summed E-state index contributed by atoms with van der Waals surface area (Å²) in [5.74, 6) is -0.234. The minimum atomic E-state index is -4.85. The molecule has 35 heavy (non-hydrogen) atoms. The maximum absolute atomic E-state index is 13.5. The molecule has 1 N–H and O–H groups in total. The van der Waals surface area contributed by atoms with E-state index in [1.807, 2.05) is 0 Å². The number of carbonyl (C=O) groups is 2. The first kappa shape index (κ1) is 23.6. The van der Waals surface area contributed by atoms with Crippen molar-refractivity contribution < 1.29 is 18.0 Å². The lowest BCUT2D eigenvalue weighted by molar-refractivity contribution is -0.132. The van der Waals surface area contributed by atoms with Crippen LogP contribution in [0.2, 0.25) is 0 Å². The van der Waals surface area contributed by atoms with E-state index in [9.17, 15) is 23.2 Å². The fourth-order valence-electron chi connectivity index (χ4n) is 5.49. The number of fused-ring (bicyclic) bond motifs is 2. The van der Waals surface area contributed by atoms with Gasteiger partial charge in [-0.15, -0.1) is 0 Å². The second-order valence-corrected chi connectivity index (χ2v) is 11.1. The normalized spacial score (nSPS) is 19.5. The maximum Gasteiger partial charge on any atom is 0.326 e. The van der Waals surface area contributed by atoms with Crippen molar-refractivity contribution in [2.75, 3.05) is 23.2 Å². The van der Waals surface area contributed by atoms with Gasteiger partial charge in [-0.25, -0.2) is 9.10 Å². The molecule has 0 radical (unpaired) electrons. The number of rotatable bonds is 5. The van der Waals surface area contributed by atoms with E-state index in [1.165, 1.54) is 22.0 Å². The fourth-order valence-corrected chi connectivity index (χ4v) is 6.82. The van der Waals surface area contributed by atoms with Crippen molar-refractivity contribution in [1.29, 1.82) is 0 Å². The predicted octanol–water partition coefficient (Wildman–Crippen LogP) is 2.10. The number of nitrogens with zero attached hydrogens (tertiary/aromatic N) is 5. The molecule has 0 bridgehead atoms. The standard InChI is InChI=1S/C23H29N6O5S/c1-26-10-9-17(12-21(26)30)28(18-13-24-27(2)14-18)35(33,34)29(32)23(31)25-22-19-7-3-5-15(19)11-16-6-4-8-20(16)22/h11,13-14,17H,3-10,12H2,1-2H3,(H,25,31)/q-1. The molecule has 3 amide bonds. The van der Waals surface area contributed by atoms with Gasteiger partial charge in [-0.05, 0) is 67.2 Å². The van der Waals surface area contributed by atoms with Crippen LogP contribution in [0.5, 0.6) is 0 Å². The summed E-state index contributed by atoms with van der Waals surface area (Å²) < 4.78 is 28.9. The molecule has 2 heterocycles. The number of carbonyl (C=O) groups excluding carboxylic acids is 2. The topological polar surface area (TPSA) is 131 Å². The van der Waals surface area contributed by atoms with Crippen molar-refractivity contribution in [3.63, 3.8) is 0 Å². The Bertz CT molecular complexity index is 1260. The van der Waals surface area contributed by atoms with Gasteiger partial charge in [0.2, 0.25) is 5.91 Å². The van der Waals surface area contributed by atoms with E-state index >= 15 is 0 Å². The molecule has 0 spiro atoms. The minimum absolute atomic E-state index is 0.0974. The van der Waals surface area contributed by atoms with Crippen LogP contribution in [0.4, 0.5) is 16.2 Å². The van der Waals surface area contributed by atoms with E-state index < -0.39 is 26.8 Å². The van der Waals surface area contributed by atoms with Crippen molar-refractivity contribution in [2.24, 2.45) is 7.05 Å². The Hall–Kier alpha value is -3.12. The number of hydroxylamine groups is 1. The van der Waals surface area contributed by atoms with E-state index in [0.717, 1.165) is 65.1 Å². The van der Waals surface area contributed by atoms with E-state index in [4.69, 9.17) is 0 Å². The molecule has 1 atom stereocenters. The summed E-state index contributed by atoms with van der Waals surface area (Å²) in [5.41, 5.74) is 5.02. The molecule has 2 aromatic rings. The summed E-state index contributed by atoms with van der Waals surface area (Å²) in [4.78, 5) is 27.0. The van der Waals surface area contributed by atoms with Crippen molar-refractivity contribution in [2.45, 2.75) is 57.4 Å². The average Bonchev–Trinajstić information content (AvgIpc) is 3.56. The van der Waals surface area contributed by atoms with Gasteiger partial charge in [0.1, 0.15) is 0 Å². The Morgan fingerprint density at radius 1 is 1.14 bits per heavy atom. The summed E-state index contributed by atoms with van der Waals surface area (Å²) in [6.07, 6.45) is 8.27. The first-order chi connectivity index (χ1) is 16.7. The number of aromatic nitrogens is 2. The molecule has 12 heteroatoms. The van der Waals surface area contributed by atoms with Gasteiger partial charge in [0, 0.05) is 38.9 Å². The van der Waals surface area contributed by atoms with Crippen LogP contribution in [-0.4, -0.2) is 59.1 Å². The number of hydrogen-bond donors (Lipinski definition) is 1. The van der Waals surface area contributed by atoms with E-state index in [2.05, 4.69) is 16.5 Å². The molecule has 2 aliphatic carbocycles. The van der Waals surface area contributed by atoms with Gasteiger partial charge in [-0.1, -0.05) is 6.07 Å². The number of hydrogen-bond acceptors (Lipinski definition) is 6. The second kappa shape index (κ2) is 8.83. The van der Waals surface area contributed by atoms with Crippen LogP contribution in [0, 0.1) is 5.21 Å². The van der Waals surface area contributed by atoms with Gasteiger partial charge >= 0.3 is 16.2 Å². The van der Waals surface area contributed by atoms with Crippen LogP contribution < -0.4 is 9.62 Å². The average molecular weight is 502 g/mol. The number of amides is 3. The zero-order valence-corrected chi connectivity index (χ0v) is 20.7. The Kier molecular flexibility index (Phi) is 5.96. The largest absolute Gasteiger partial charge is 0.740 e. The van der Waals surface area contributed by atoms with E-state index in [-0.39, 0.29) is 18.0 Å². The first-order valence-corrected chi connectivity index (χ1v) is 13.3. The highest BCUT2D eigenvalue weighted by atomic mass is 32.2. The summed E-state index contributed by atoms with van der Waals surface area (Å²) in [6, 6.07) is 0.128. The monoisotopic (exact) mass is 501 g/mol. The summed E-state index contributed by atoms with van der Waals surface area (Å²) in [7, 11) is -1.59. The maximum atomic E-state index is 13.5. The molecule has 5 rings (SSSR count). The second-order valence-electron chi connectivity index (χ2n) is 9.53. The van der Waals surface area contributed by atoms with Crippen molar-refractivity contribution in [3.8, 4) is 0 Å². The SMILES string of the molecule is CN1CCC(N(c2cnn(C)c2)S(=O)(=O)N([O-])C(=O)Nc2c3c(cc4c2CCC4)CCC3)CC1=O. The van der Waals surface area contributed by atoms with Gasteiger partial charge in [0.15, 0.2) is 0 Å². The Morgan fingerprint density at radius 2 is 1.80 bits per heavy atom. The van der Waals surface area contributed by atoms with Crippen LogP contribution in [0.15, 0.2) is 18.5 Å². The lowest BCUT2D eigenvalue weighted by atomic mass is 9.99. The van der Waals surface area contributed by atoms with E-state index in [1.54, 1.807) is 14.1 Å². The number of benzene rings is 1. The molecule has 1 fully saturated rings. The van der Waals surface area contributed by atoms with Crippen molar-refractivity contribution in [1.82, 2.24) is 19.1 Å². The number of urea groups is 1. The highest BCUT2D eigenvalue weighted by Gasteiger charge is 2.38. The van der Waals surface area contributed by atoms with Crippen LogP contribution in [-0.2, 0) is 47.7 Å². The predicted molar refractivity (Wildman–Crippen MR) is 130 cm³/mol. The summed E-state index contributed by atoms with van der Waals surface area (Å²) >= 11 is 0. The number of anilines is 2. The molecule has 1 saturated heterocycles. The third-order valence-corrected chi connectivity index (χ3v) is 8.83. The highest BCUT2D eigenvalue weighted by molar-refractivity contribution is 7.91. The van der Waals surface area contributed by atoms with Gasteiger partial charge in [-0.3, -0.25) is 13.9 Å².